The molecule has 1 fully saturated rings. The lowest BCUT2D eigenvalue weighted by molar-refractivity contribution is 0.252. The van der Waals surface area contributed by atoms with Gasteiger partial charge in [0.15, 0.2) is 0 Å². The van der Waals surface area contributed by atoms with Crippen LogP contribution in [0.15, 0.2) is 12.1 Å². The average Bonchev–Trinajstić information content (AvgIpc) is 2.75. The van der Waals surface area contributed by atoms with Gasteiger partial charge in [-0.3, -0.25) is 0 Å². The molecule has 2 aliphatic carbocycles. The molecule has 3 rings (SSSR count). The first kappa shape index (κ1) is 12.5. The normalized spacial score (nSPS) is 30.1. The molecule has 1 aromatic carbocycles. The van der Waals surface area contributed by atoms with Gasteiger partial charge in [0, 0.05) is 5.02 Å². The van der Waals surface area contributed by atoms with Gasteiger partial charge < -0.3 is 0 Å². The molecule has 0 nitrogen and oxygen atoms in total. The number of aryl methyl sites for hydroxylation is 1. The van der Waals surface area contributed by atoms with Crippen molar-refractivity contribution in [2.75, 3.05) is 0 Å². The van der Waals surface area contributed by atoms with Gasteiger partial charge in [-0.1, -0.05) is 50.4 Å². The van der Waals surface area contributed by atoms with Crippen molar-refractivity contribution >= 4 is 11.6 Å². The van der Waals surface area contributed by atoms with E-state index in [1.165, 1.54) is 49.7 Å². The lowest BCUT2D eigenvalue weighted by Crippen LogP contribution is -2.26. The Kier molecular flexibility index (Phi) is 3.18. The Hall–Kier alpha value is -0.490. The number of hydrogen-bond acceptors (Lipinski definition) is 0. The van der Waals surface area contributed by atoms with Crippen LogP contribution in [0.5, 0.6) is 0 Å². The maximum atomic E-state index is 6.64. The van der Waals surface area contributed by atoms with Crippen LogP contribution in [-0.4, -0.2) is 0 Å². The van der Waals surface area contributed by atoms with Crippen molar-refractivity contribution in [2.45, 2.75) is 64.7 Å². The highest BCUT2D eigenvalue weighted by molar-refractivity contribution is 6.32. The molecule has 2 atom stereocenters. The third kappa shape index (κ3) is 1.81. The first-order valence-electron chi connectivity index (χ1n) is 7.46. The summed E-state index contributed by atoms with van der Waals surface area (Å²) in [5, 5.41) is 1.09. The monoisotopic (exact) mass is 262 g/mol. The van der Waals surface area contributed by atoms with Gasteiger partial charge >= 0.3 is 0 Å². The molecule has 1 aromatic rings. The maximum Gasteiger partial charge on any atom is 0.0472 e. The number of hydrogen-bond donors (Lipinski definition) is 0. The summed E-state index contributed by atoms with van der Waals surface area (Å²) < 4.78 is 0. The average molecular weight is 263 g/mol. The minimum Gasteiger partial charge on any atom is -0.0837 e. The van der Waals surface area contributed by atoms with E-state index in [0.29, 0.717) is 5.41 Å². The molecule has 0 aromatic heterocycles. The molecule has 1 heteroatoms. The molecule has 1 saturated carbocycles. The van der Waals surface area contributed by atoms with Gasteiger partial charge in [-0.25, -0.2) is 0 Å². The summed E-state index contributed by atoms with van der Waals surface area (Å²) >= 11 is 6.64. The van der Waals surface area contributed by atoms with Gasteiger partial charge in [-0.05, 0) is 60.1 Å². The van der Waals surface area contributed by atoms with Crippen molar-refractivity contribution in [3.63, 3.8) is 0 Å². The van der Waals surface area contributed by atoms with Gasteiger partial charge in [-0.2, -0.15) is 0 Å². The van der Waals surface area contributed by atoms with Crippen LogP contribution in [0.25, 0.3) is 0 Å². The smallest absolute Gasteiger partial charge is 0.0472 e. The SMILES string of the molecule is CCCc1ccc2c(c1Cl)CC[C@@]1(C)CCC[C@@H]21. The molecule has 18 heavy (non-hydrogen) atoms. The highest BCUT2D eigenvalue weighted by Gasteiger charge is 2.43. The summed E-state index contributed by atoms with van der Waals surface area (Å²) in [6.07, 6.45) is 9.00. The van der Waals surface area contributed by atoms with E-state index < -0.39 is 0 Å². The van der Waals surface area contributed by atoms with E-state index in [1.807, 2.05) is 0 Å². The highest BCUT2D eigenvalue weighted by Crippen LogP contribution is 2.56. The molecule has 0 unspecified atom stereocenters. The molecule has 98 valence electrons. The van der Waals surface area contributed by atoms with E-state index in [0.717, 1.165) is 17.4 Å². The Bertz CT molecular complexity index is 463. The van der Waals surface area contributed by atoms with Crippen LogP contribution in [0.1, 0.15) is 68.6 Å². The predicted molar refractivity (Wildman–Crippen MR) is 78.5 cm³/mol. The summed E-state index contributed by atoms with van der Waals surface area (Å²) in [6.45, 7) is 4.71. The van der Waals surface area contributed by atoms with Crippen molar-refractivity contribution < 1.29 is 0 Å². The quantitative estimate of drug-likeness (QED) is 0.659. The standard InChI is InChI=1S/C17H23Cl/c1-3-5-12-7-8-13-14(16(12)18)9-11-17(2)10-4-6-15(13)17/h7-8,15H,3-6,9-11H2,1-2H3/t15-,17+/m0/s1. The molecule has 2 aliphatic rings. The predicted octanol–water partition coefficient (Wildman–Crippen LogP) is 5.51. The van der Waals surface area contributed by atoms with Gasteiger partial charge in [0.1, 0.15) is 0 Å². The lowest BCUT2D eigenvalue weighted by Gasteiger charge is -2.38. The summed E-state index contributed by atoms with van der Waals surface area (Å²) in [7, 11) is 0. The number of halogens is 1. The van der Waals surface area contributed by atoms with Crippen molar-refractivity contribution in [1.82, 2.24) is 0 Å². The maximum absolute atomic E-state index is 6.64. The zero-order valence-corrected chi connectivity index (χ0v) is 12.3. The van der Waals surface area contributed by atoms with Gasteiger partial charge in [0.05, 0.1) is 0 Å². The molecule has 0 aliphatic heterocycles. The van der Waals surface area contributed by atoms with Crippen molar-refractivity contribution in [3.05, 3.63) is 33.8 Å². The summed E-state index contributed by atoms with van der Waals surface area (Å²) in [5.74, 6) is 0.773. The molecule has 0 heterocycles. The topological polar surface area (TPSA) is 0 Å². The van der Waals surface area contributed by atoms with Crippen LogP contribution >= 0.6 is 11.6 Å². The molecular formula is C17H23Cl. The fraction of sp³-hybridized carbons (Fsp3) is 0.647. The first-order chi connectivity index (χ1) is 8.65. The molecular weight excluding hydrogens is 240 g/mol. The van der Waals surface area contributed by atoms with Crippen LogP contribution in [0.3, 0.4) is 0 Å². The minimum atomic E-state index is 0.558. The molecule has 0 saturated heterocycles. The summed E-state index contributed by atoms with van der Waals surface area (Å²) in [6, 6.07) is 4.67. The molecule has 0 bridgehead atoms. The van der Waals surface area contributed by atoms with E-state index in [-0.39, 0.29) is 0 Å². The Morgan fingerprint density at radius 2 is 2.17 bits per heavy atom. The highest BCUT2D eigenvalue weighted by atomic mass is 35.5. The van der Waals surface area contributed by atoms with E-state index >= 15 is 0 Å². The zero-order valence-electron chi connectivity index (χ0n) is 11.6. The number of benzene rings is 1. The van der Waals surface area contributed by atoms with Crippen LogP contribution in [0, 0.1) is 5.41 Å². The minimum absolute atomic E-state index is 0.558. The third-order valence-corrected chi connectivity index (χ3v) is 5.75. The van der Waals surface area contributed by atoms with Gasteiger partial charge in [0.25, 0.3) is 0 Å². The number of rotatable bonds is 2. The van der Waals surface area contributed by atoms with Crippen molar-refractivity contribution in [2.24, 2.45) is 5.41 Å². The molecule has 0 amide bonds. The second-order valence-electron chi connectivity index (χ2n) is 6.46. The van der Waals surface area contributed by atoms with Crippen LogP contribution < -0.4 is 0 Å². The number of fused-ring (bicyclic) bond motifs is 3. The van der Waals surface area contributed by atoms with Crippen molar-refractivity contribution in [3.8, 4) is 0 Å². The molecule has 0 spiro atoms. The second kappa shape index (κ2) is 4.56. The molecule has 0 radical (unpaired) electrons. The zero-order chi connectivity index (χ0) is 12.8. The van der Waals surface area contributed by atoms with E-state index in [9.17, 15) is 0 Å². The Morgan fingerprint density at radius 1 is 1.33 bits per heavy atom. The summed E-state index contributed by atoms with van der Waals surface area (Å²) in [5.41, 5.74) is 4.97. The van der Waals surface area contributed by atoms with E-state index in [2.05, 4.69) is 26.0 Å². The largest absolute Gasteiger partial charge is 0.0837 e. The summed E-state index contributed by atoms with van der Waals surface area (Å²) in [4.78, 5) is 0. The Morgan fingerprint density at radius 3 is 2.94 bits per heavy atom. The van der Waals surface area contributed by atoms with Gasteiger partial charge in [-0.15, -0.1) is 0 Å². The first-order valence-corrected chi connectivity index (χ1v) is 7.83. The second-order valence-corrected chi connectivity index (χ2v) is 6.83. The van der Waals surface area contributed by atoms with Crippen LogP contribution in [-0.2, 0) is 12.8 Å². The van der Waals surface area contributed by atoms with Crippen LogP contribution in [0.4, 0.5) is 0 Å². The Balaban J connectivity index is 2.04. The Labute approximate surface area is 116 Å². The lowest BCUT2D eigenvalue weighted by atomic mass is 9.67. The fourth-order valence-electron chi connectivity index (χ4n) is 4.20. The van der Waals surface area contributed by atoms with Crippen LogP contribution in [0.2, 0.25) is 5.02 Å². The molecule has 0 N–H and O–H groups in total. The fourth-order valence-corrected chi connectivity index (χ4v) is 4.56. The van der Waals surface area contributed by atoms with E-state index in [1.54, 1.807) is 5.56 Å². The van der Waals surface area contributed by atoms with E-state index in [4.69, 9.17) is 11.6 Å². The van der Waals surface area contributed by atoms with Crippen molar-refractivity contribution in [1.29, 1.82) is 0 Å². The third-order valence-electron chi connectivity index (χ3n) is 5.28. The van der Waals surface area contributed by atoms with Gasteiger partial charge in [0.2, 0.25) is 0 Å².